The third-order valence-corrected chi connectivity index (χ3v) is 28.7. The highest BCUT2D eigenvalue weighted by molar-refractivity contribution is 9.09. The van der Waals surface area contributed by atoms with Gasteiger partial charge in [-0.15, -0.1) is 10.2 Å². The number of allylic oxidation sites excluding steroid dienone is 6. The fourth-order valence-corrected chi connectivity index (χ4v) is 23.5. The van der Waals surface area contributed by atoms with Gasteiger partial charge in [0.15, 0.2) is 11.6 Å². The van der Waals surface area contributed by atoms with Gasteiger partial charge in [-0.25, -0.2) is 4.68 Å². The Kier molecular flexibility index (Phi) is 20.9. The van der Waals surface area contributed by atoms with Crippen LogP contribution in [-0.2, 0) is 27.5 Å². The summed E-state index contributed by atoms with van der Waals surface area (Å²) in [4.78, 5) is 40.3. The molecule has 1 aliphatic heterocycles. The molecule has 2 aromatic heterocycles. The van der Waals surface area contributed by atoms with Gasteiger partial charge in [0.25, 0.3) is 0 Å². The number of carbonyl (C=O) groups is 3. The molecule has 0 aromatic carbocycles. The molecule has 15 nitrogen and oxygen atoms in total. The van der Waals surface area contributed by atoms with Crippen LogP contribution in [0.4, 0.5) is 0 Å². The molecule has 0 unspecified atom stereocenters. The second-order valence-corrected chi connectivity index (χ2v) is 33.8. The van der Waals surface area contributed by atoms with E-state index in [0.717, 1.165) is 96.3 Å². The van der Waals surface area contributed by atoms with Crippen LogP contribution >= 0.6 is 15.9 Å². The first-order valence-corrected chi connectivity index (χ1v) is 35.8. The second kappa shape index (κ2) is 26.6. The van der Waals surface area contributed by atoms with Crippen LogP contribution in [0, 0.1) is 104 Å². The van der Waals surface area contributed by atoms with Gasteiger partial charge in [0.1, 0.15) is 18.9 Å². The molecule has 0 bridgehead atoms. The summed E-state index contributed by atoms with van der Waals surface area (Å²) in [6.07, 6.45) is 42.1. The molecule has 21 atom stereocenters. The Bertz CT molecular complexity index is 2930. The van der Waals surface area contributed by atoms with Crippen LogP contribution in [0.3, 0.4) is 0 Å². The molecule has 0 radical (unpaired) electrons. The van der Waals surface area contributed by atoms with E-state index in [-0.39, 0.29) is 72.5 Å². The standard InChI is InChI=1S/2C24H35N3O2.C22H33BrO2.C2H3N3.3CH4/c1-22(29)10-11-23(2)16(14-22)4-5-17-18-6-7-20(24(18,3)9-8-19(17)23)21(28)15-27-13-12-25-26-27;1-22(29)10-11-23(2)16(14-22)4-5-17-18-6-7-20(24(18,3)9-8-19(17)23)21(28)15-27-25-12-13-26-27;1-20(25)10-11-21(2)14(12-20)4-5-15-16-6-7-18(19(24)13-23)22(16,3)9-8-17(15)21;1-2-4-5-3-1;;;/h2*8,12-13,16-18,20,29H,4-7,9-11,14-15H2,1-3H3;8,14-16,18,25H,4-7,9-13H2,1-3H3;1H,2H2;3*1H4/t2*16-,17+,18+,20-,22-,23+,24+;14-,15+,16+,18-,20-,21+,22+;;;;/m111..../s1. The van der Waals surface area contributed by atoms with Gasteiger partial charge in [0, 0.05) is 24.0 Å². The molecule has 0 amide bonds. The summed E-state index contributed by atoms with van der Waals surface area (Å²) < 4.78 is 1.67. The van der Waals surface area contributed by atoms with E-state index >= 15 is 0 Å². The monoisotopic (exact) mass is 1320 g/mol. The van der Waals surface area contributed by atoms with Gasteiger partial charge in [0.05, 0.1) is 53.5 Å². The number of carbonyl (C=O) groups excluding carboxylic acids is 3. The lowest BCUT2D eigenvalue weighted by Gasteiger charge is -2.58. The summed E-state index contributed by atoms with van der Waals surface area (Å²) in [5, 5.41) is 58.7. The summed E-state index contributed by atoms with van der Waals surface area (Å²) in [5.41, 5.74) is 4.69. The van der Waals surface area contributed by atoms with Crippen LogP contribution < -0.4 is 0 Å². The minimum absolute atomic E-state index is 0. The Hall–Kier alpha value is -3.86. The zero-order valence-electron chi connectivity index (χ0n) is 54.8. The maximum atomic E-state index is 13.2. The van der Waals surface area contributed by atoms with Crippen LogP contribution in [0.5, 0.6) is 0 Å². The largest absolute Gasteiger partial charge is 0.390 e. The van der Waals surface area contributed by atoms with Crippen molar-refractivity contribution in [2.24, 2.45) is 119 Å². The van der Waals surface area contributed by atoms with Crippen LogP contribution in [0.2, 0.25) is 0 Å². The predicted molar refractivity (Wildman–Crippen MR) is 365 cm³/mol. The molecule has 2 aromatic rings. The van der Waals surface area contributed by atoms with Crippen molar-refractivity contribution < 1.29 is 29.7 Å². The lowest BCUT2D eigenvalue weighted by molar-refractivity contribution is -0.129. The number of rotatable bonds is 8. The molecule has 0 saturated heterocycles. The van der Waals surface area contributed by atoms with E-state index in [1.807, 2.05) is 20.8 Å². The molecule has 15 rings (SSSR count). The van der Waals surface area contributed by atoms with E-state index in [1.54, 1.807) is 52.4 Å². The quantitative estimate of drug-likeness (QED) is 0.168. The van der Waals surface area contributed by atoms with Crippen LogP contribution in [0.15, 0.2) is 75.2 Å². The predicted octanol–water partition coefficient (Wildman–Crippen LogP) is 16.0. The number of ketones is 3. The molecule has 12 aliphatic carbocycles. The first-order valence-electron chi connectivity index (χ1n) is 34.7. The Labute approximate surface area is 555 Å². The van der Waals surface area contributed by atoms with Gasteiger partial charge >= 0.3 is 0 Å². The molecular weight excluding hydrogens is 1200 g/mol. The van der Waals surface area contributed by atoms with E-state index in [4.69, 9.17) is 0 Å². The third kappa shape index (κ3) is 12.9. The molecule has 13 aliphatic rings. The Balaban J connectivity index is 0.000000153. The Morgan fingerprint density at radius 1 is 0.505 bits per heavy atom. The Morgan fingerprint density at radius 2 is 0.890 bits per heavy atom. The summed E-state index contributed by atoms with van der Waals surface area (Å²) in [6.45, 7) is 21.9. The first-order chi connectivity index (χ1) is 41.7. The van der Waals surface area contributed by atoms with Crippen molar-refractivity contribution in [1.29, 1.82) is 0 Å². The molecule has 506 valence electrons. The number of hydrogen-bond donors (Lipinski definition) is 3. The van der Waals surface area contributed by atoms with Gasteiger partial charge in [-0.2, -0.15) is 20.1 Å². The lowest BCUT2D eigenvalue weighted by atomic mass is 9.47. The van der Waals surface area contributed by atoms with E-state index in [2.05, 4.69) is 112 Å². The normalized spacial score (nSPS) is 44.8. The molecular formula is C75H118BrN9O6. The van der Waals surface area contributed by atoms with E-state index in [0.29, 0.717) is 95.6 Å². The van der Waals surface area contributed by atoms with Gasteiger partial charge in [-0.05, 0) is 266 Å². The van der Waals surface area contributed by atoms with Crippen LogP contribution in [-0.4, -0.2) is 97.5 Å². The molecule has 0 spiro atoms. The van der Waals surface area contributed by atoms with Gasteiger partial charge in [-0.1, -0.05) is 120 Å². The molecule has 16 heteroatoms. The summed E-state index contributed by atoms with van der Waals surface area (Å²) in [5.74, 6) is 7.20. The van der Waals surface area contributed by atoms with Crippen molar-refractivity contribution in [3.8, 4) is 0 Å². The topological polar surface area (TPSA) is 210 Å². The lowest BCUT2D eigenvalue weighted by Crippen LogP contribution is -2.51. The van der Waals surface area contributed by atoms with Crippen molar-refractivity contribution in [3.63, 3.8) is 0 Å². The SMILES string of the molecule is C.C.C.C1=NN=NC1.C[C@@]1(O)CC[C@]2(C)C3=CC[C@]4(C)[C@@H](C(=O)CBr)CC[C@H]4[C@@H]3CC[C@@H]2C1.C[C@@]1(O)CC[C@]2(C)C3=CC[C@]4(C)[C@@H](C(=O)Cn5ccnn5)CC[C@H]4[C@@H]3CC[C@@H]2C1.C[C@@]1(O)CC[C@]2(C)C3=CC[C@]4(C)[C@@H](C(=O)Cn5nccn5)CC[C@H]4[C@@H]3CC[C@@H]2C1. The van der Waals surface area contributed by atoms with Crippen molar-refractivity contribution in [3.05, 3.63) is 59.7 Å². The first kappa shape index (κ1) is 71.4. The molecule has 9 fully saturated rings. The summed E-state index contributed by atoms with van der Waals surface area (Å²) in [7, 11) is 0. The number of aliphatic hydroxyl groups is 3. The third-order valence-electron chi connectivity index (χ3n) is 28.1. The fourth-order valence-electron chi connectivity index (χ4n) is 23.1. The number of alkyl halides is 1. The van der Waals surface area contributed by atoms with Crippen molar-refractivity contribution in [1.82, 2.24) is 30.0 Å². The zero-order valence-corrected chi connectivity index (χ0v) is 56.4. The van der Waals surface area contributed by atoms with E-state index < -0.39 is 16.8 Å². The summed E-state index contributed by atoms with van der Waals surface area (Å²) in [6, 6.07) is 0. The molecule has 91 heavy (non-hydrogen) atoms. The highest BCUT2D eigenvalue weighted by atomic mass is 79.9. The smallest absolute Gasteiger partial charge is 0.159 e. The number of nitrogens with zero attached hydrogens (tertiary/aromatic N) is 9. The number of aromatic nitrogens is 6. The zero-order chi connectivity index (χ0) is 62.5. The number of fused-ring (bicyclic) bond motifs is 15. The van der Waals surface area contributed by atoms with Crippen molar-refractivity contribution in [2.75, 3.05) is 11.9 Å². The minimum Gasteiger partial charge on any atom is -0.390 e. The molecule has 9 saturated carbocycles. The average Bonchev–Trinajstić information content (AvgIpc) is 1.71. The second-order valence-electron chi connectivity index (χ2n) is 33.2. The maximum absolute atomic E-state index is 13.2. The number of halogens is 1. The van der Waals surface area contributed by atoms with Gasteiger partial charge in [0.2, 0.25) is 0 Å². The number of Topliss-reactive ketones (excluding diaryl/α,β-unsaturated/α-hetero) is 3. The Morgan fingerprint density at radius 3 is 1.22 bits per heavy atom. The molecule has 3 N–H and O–H groups in total. The highest BCUT2D eigenvalue weighted by Crippen LogP contribution is 2.70. The van der Waals surface area contributed by atoms with E-state index in [9.17, 15) is 29.7 Å². The average molecular weight is 1320 g/mol. The minimum atomic E-state index is -0.494. The fraction of sp³-hybridized carbons (Fsp3) is 0.813. The van der Waals surface area contributed by atoms with Crippen molar-refractivity contribution in [2.45, 2.75) is 269 Å². The van der Waals surface area contributed by atoms with Crippen molar-refractivity contribution >= 4 is 39.5 Å². The van der Waals surface area contributed by atoms with Crippen LogP contribution in [0.25, 0.3) is 0 Å². The van der Waals surface area contributed by atoms with E-state index in [1.165, 1.54) is 62.6 Å². The summed E-state index contributed by atoms with van der Waals surface area (Å²) >= 11 is 3.41. The van der Waals surface area contributed by atoms with Gasteiger partial charge in [-0.3, -0.25) is 14.4 Å². The van der Waals surface area contributed by atoms with Crippen LogP contribution in [0.1, 0.15) is 239 Å². The van der Waals surface area contributed by atoms with Gasteiger partial charge < -0.3 is 15.3 Å². The molecule has 3 heterocycles. The maximum Gasteiger partial charge on any atom is 0.159 e. The highest BCUT2D eigenvalue weighted by Gasteiger charge is 2.63. The number of hydrogen-bond acceptors (Lipinski definition) is 13.